The predicted octanol–water partition coefficient (Wildman–Crippen LogP) is 2.85. The summed E-state index contributed by atoms with van der Waals surface area (Å²) in [6.45, 7) is 0.798. The highest BCUT2D eigenvalue weighted by Gasteiger charge is 1.97. The lowest BCUT2D eigenvalue weighted by atomic mass is 10.2. The number of nitrogens with one attached hydrogen (secondary N) is 2. The number of amides is 2. The number of hydrogen-bond donors (Lipinski definition) is 3. The average Bonchev–Trinajstić information content (AvgIpc) is 2.80. The summed E-state index contributed by atoms with van der Waals surface area (Å²) in [5, 5.41) is 9.96. The lowest BCUT2D eigenvalue weighted by molar-refractivity contribution is 0.259. The minimum absolute atomic E-state index is 0.552. The van der Waals surface area contributed by atoms with Crippen LogP contribution in [0.1, 0.15) is 5.56 Å². The van der Waals surface area contributed by atoms with Gasteiger partial charge in [-0.2, -0.15) is 11.3 Å². The average molecular weight is 247 g/mol. The highest BCUT2D eigenvalue weighted by atomic mass is 32.1. The van der Waals surface area contributed by atoms with E-state index >= 15 is 0 Å². The smallest absolute Gasteiger partial charge is 0.316 e. The van der Waals surface area contributed by atoms with Gasteiger partial charge in [0, 0.05) is 17.9 Å². The van der Waals surface area contributed by atoms with Crippen LogP contribution in [0.25, 0.3) is 0 Å². The Balaban J connectivity index is 1.91. The number of hydrogen-bond acceptors (Lipinski definition) is 3. The van der Waals surface area contributed by atoms with Crippen LogP contribution in [-0.2, 0) is 6.54 Å². The molecule has 4 N–H and O–H groups in total. The SMILES string of the molecule is NC(=O)Nc1ccc(NCc2ccsc2)cc1. The summed E-state index contributed by atoms with van der Waals surface area (Å²) < 4.78 is 0. The van der Waals surface area contributed by atoms with E-state index in [1.54, 1.807) is 23.5 Å². The van der Waals surface area contributed by atoms with Gasteiger partial charge in [-0.3, -0.25) is 0 Å². The van der Waals surface area contributed by atoms with Crippen molar-refractivity contribution in [2.24, 2.45) is 5.73 Å². The van der Waals surface area contributed by atoms with Crippen molar-refractivity contribution in [3.8, 4) is 0 Å². The third kappa shape index (κ3) is 3.49. The first kappa shape index (κ1) is 11.5. The first-order valence-electron chi connectivity index (χ1n) is 5.15. The summed E-state index contributed by atoms with van der Waals surface area (Å²) in [6.07, 6.45) is 0. The minimum Gasteiger partial charge on any atom is -0.381 e. The molecule has 0 radical (unpaired) electrons. The van der Waals surface area contributed by atoms with Gasteiger partial charge in [-0.25, -0.2) is 4.79 Å². The largest absolute Gasteiger partial charge is 0.381 e. The minimum atomic E-state index is -0.552. The van der Waals surface area contributed by atoms with Crippen LogP contribution in [0.5, 0.6) is 0 Å². The summed E-state index contributed by atoms with van der Waals surface area (Å²) in [4.78, 5) is 10.6. The Hall–Kier alpha value is -2.01. The number of primary amides is 1. The van der Waals surface area contributed by atoms with Gasteiger partial charge in [0.05, 0.1) is 0 Å². The van der Waals surface area contributed by atoms with E-state index in [-0.39, 0.29) is 0 Å². The Kier molecular flexibility index (Phi) is 3.62. The fourth-order valence-electron chi connectivity index (χ4n) is 1.41. The third-order valence-electron chi connectivity index (χ3n) is 2.23. The Morgan fingerprint density at radius 2 is 1.88 bits per heavy atom. The van der Waals surface area contributed by atoms with Crippen LogP contribution in [0.15, 0.2) is 41.1 Å². The fourth-order valence-corrected chi connectivity index (χ4v) is 2.08. The highest BCUT2D eigenvalue weighted by molar-refractivity contribution is 7.07. The van der Waals surface area contributed by atoms with Crippen LogP contribution < -0.4 is 16.4 Å². The van der Waals surface area contributed by atoms with E-state index in [0.717, 1.165) is 12.2 Å². The molecule has 17 heavy (non-hydrogen) atoms. The summed E-state index contributed by atoms with van der Waals surface area (Å²) >= 11 is 1.68. The lowest BCUT2D eigenvalue weighted by Crippen LogP contribution is -2.19. The molecule has 0 saturated heterocycles. The van der Waals surface area contributed by atoms with Gasteiger partial charge < -0.3 is 16.4 Å². The first-order chi connectivity index (χ1) is 8.24. The molecule has 4 nitrogen and oxygen atoms in total. The maximum atomic E-state index is 10.6. The molecule has 0 saturated carbocycles. The number of benzene rings is 1. The zero-order chi connectivity index (χ0) is 12.1. The molecule has 0 bridgehead atoms. The van der Waals surface area contributed by atoms with Crippen LogP contribution in [0.4, 0.5) is 16.2 Å². The number of carbonyl (C=O) groups is 1. The van der Waals surface area contributed by atoms with Crippen LogP contribution in [0.2, 0.25) is 0 Å². The van der Waals surface area contributed by atoms with Crippen molar-refractivity contribution in [3.63, 3.8) is 0 Å². The van der Waals surface area contributed by atoms with Crippen LogP contribution in [-0.4, -0.2) is 6.03 Å². The lowest BCUT2D eigenvalue weighted by Gasteiger charge is -2.06. The molecule has 0 fully saturated rings. The van der Waals surface area contributed by atoms with E-state index in [9.17, 15) is 4.79 Å². The van der Waals surface area contributed by atoms with Gasteiger partial charge in [0.15, 0.2) is 0 Å². The molecule has 1 aromatic heterocycles. The van der Waals surface area contributed by atoms with E-state index in [1.165, 1.54) is 5.56 Å². The van der Waals surface area contributed by atoms with Crippen molar-refractivity contribution in [1.82, 2.24) is 0 Å². The topological polar surface area (TPSA) is 67.2 Å². The molecule has 2 rings (SSSR count). The molecule has 0 atom stereocenters. The number of rotatable bonds is 4. The van der Waals surface area contributed by atoms with Crippen LogP contribution in [0.3, 0.4) is 0 Å². The van der Waals surface area contributed by atoms with E-state index in [4.69, 9.17) is 5.73 Å². The van der Waals surface area contributed by atoms with E-state index in [2.05, 4.69) is 27.5 Å². The molecule has 0 aliphatic heterocycles. The highest BCUT2D eigenvalue weighted by Crippen LogP contribution is 2.15. The molecule has 88 valence electrons. The predicted molar refractivity (Wildman–Crippen MR) is 71.3 cm³/mol. The van der Waals surface area contributed by atoms with Gasteiger partial charge >= 0.3 is 6.03 Å². The summed E-state index contributed by atoms with van der Waals surface area (Å²) in [5.74, 6) is 0. The van der Waals surface area contributed by atoms with Gasteiger partial charge in [-0.05, 0) is 46.7 Å². The van der Waals surface area contributed by atoms with Gasteiger partial charge in [0.2, 0.25) is 0 Å². The van der Waals surface area contributed by atoms with Crippen molar-refractivity contribution in [1.29, 1.82) is 0 Å². The Morgan fingerprint density at radius 3 is 2.47 bits per heavy atom. The number of urea groups is 1. The second-order valence-corrected chi connectivity index (χ2v) is 4.33. The molecule has 2 amide bonds. The zero-order valence-electron chi connectivity index (χ0n) is 9.14. The molecular weight excluding hydrogens is 234 g/mol. The van der Waals surface area contributed by atoms with Crippen molar-refractivity contribution >= 4 is 28.7 Å². The molecule has 5 heteroatoms. The van der Waals surface area contributed by atoms with Gasteiger partial charge in [0.25, 0.3) is 0 Å². The Morgan fingerprint density at radius 1 is 1.18 bits per heavy atom. The number of nitrogens with two attached hydrogens (primary N) is 1. The third-order valence-corrected chi connectivity index (χ3v) is 2.96. The molecule has 2 aromatic rings. The fraction of sp³-hybridized carbons (Fsp3) is 0.0833. The van der Waals surface area contributed by atoms with Crippen molar-refractivity contribution in [2.75, 3.05) is 10.6 Å². The monoisotopic (exact) mass is 247 g/mol. The van der Waals surface area contributed by atoms with Crippen LogP contribution in [0, 0.1) is 0 Å². The standard InChI is InChI=1S/C12H13N3OS/c13-12(16)15-11-3-1-10(2-4-11)14-7-9-5-6-17-8-9/h1-6,8,14H,7H2,(H3,13,15,16). The maximum Gasteiger partial charge on any atom is 0.316 e. The number of anilines is 2. The molecule has 1 aromatic carbocycles. The molecule has 0 aliphatic rings. The van der Waals surface area contributed by atoms with Gasteiger partial charge in [-0.1, -0.05) is 0 Å². The molecule has 1 heterocycles. The van der Waals surface area contributed by atoms with Crippen molar-refractivity contribution in [3.05, 3.63) is 46.7 Å². The molecule has 0 unspecified atom stereocenters. The second-order valence-electron chi connectivity index (χ2n) is 3.55. The van der Waals surface area contributed by atoms with E-state index < -0.39 is 6.03 Å². The normalized spacial score (nSPS) is 9.88. The van der Waals surface area contributed by atoms with Crippen molar-refractivity contribution in [2.45, 2.75) is 6.54 Å². The van der Waals surface area contributed by atoms with E-state index in [1.807, 2.05) is 12.1 Å². The second kappa shape index (κ2) is 5.36. The molecule has 0 spiro atoms. The quantitative estimate of drug-likeness (QED) is 0.777. The Bertz CT molecular complexity index is 479. The summed E-state index contributed by atoms with van der Waals surface area (Å²) in [6, 6.07) is 8.95. The number of carbonyl (C=O) groups excluding carboxylic acids is 1. The van der Waals surface area contributed by atoms with Gasteiger partial charge in [-0.15, -0.1) is 0 Å². The Labute approximate surface area is 103 Å². The molecule has 0 aliphatic carbocycles. The first-order valence-corrected chi connectivity index (χ1v) is 6.10. The summed E-state index contributed by atoms with van der Waals surface area (Å²) in [5.41, 5.74) is 7.98. The molecular formula is C12H13N3OS. The summed E-state index contributed by atoms with van der Waals surface area (Å²) in [7, 11) is 0. The van der Waals surface area contributed by atoms with Crippen LogP contribution >= 0.6 is 11.3 Å². The zero-order valence-corrected chi connectivity index (χ0v) is 9.96. The number of thiophene rings is 1. The van der Waals surface area contributed by atoms with Gasteiger partial charge in [0.1, 0.15) is 0 Å². The van der Waals surface area contributed by atoms with E-state index in [0.29, 0.717) is 5.69 Å². The van der Waals surface area contributed by atoms with Crippen molar-refractivity contribution < 1.29 is 4.79 Å². The maximum absolute atomic E-state index is 10.6.